The molecule has 1 aliphatic carbocycles. The van der Waals surface area contributed by atoms with E-state index < -0.39 is 0 Å². The van der Waals surface area contributed by atoms with Crippen LogP contribution in [0.25, 0.3) is 0 Å². The van der Waals surface area contributed by atoms with Gasteiger partial charge in [0.1, 0.15) is 0 Å². The fourth-order valence-corrected chi connectivity index (χ4v) is 3.41. The van der Waals surface area contributed by atoms with Crippen LogP contribution in [0.15, 0.2) is 18.2 Å². The molecule has 1 nitrogen and oxygen atoms in total. The molecule has 0 aliphatic heterocycles. The van der Waals surface area contributed by atoms with Crippen molar-refractivity contribution in [1.82, 2.24) is 0 Å². The zero-order chi connectivity index (χ0) is 14.0. The molecule has 1 heteroatoms. The first kappa shape index (κ1) is 14.6. The Morgan fingerprint density at radius 3 is 2.63 bits per heavy atom. The molecule has 1 aliphatic rings. The molecule has 1 aromatic carbocycles. The second kappa shape index (κ2) is 6.09. The van der Waals surface area contributed by atoms with E-state index >= 15 is 0 Å². The first-order valence-electron chi connectivity index (χ1n) is 7.71. The molecule has 1 fully saturated rings. The van der Waals surface area contributed by atoms with Crippen LogP contribution < -0.4 is 0 Å². The third kappa shape index (κ3) is 3.60. The van der Waals surface area contributed by atoms with Crippen LogP contribution in [0.5, 0.6) is 0 Å². The molecule has 1 saturated carbocycles. The Hall–Kier alpha value is -0.820. The monoisotopic (exact) mass is 260 g/mol. The van der Waals surface area contributed by atoms with Gasteiger partial charge in [0, 0.05) is 0 Å². The Morgan fingerprint density at radius 1 is 1.21 bits per heavy atom. The van der Waals surface area contributed by atoms with Gasteiger partial charge in [-0.1, -0.05) is 37.6 Å². The van der Waals surface area contributed by atoms with Crippen LogP contribution in [0, 0.1) is 31.6 Å². The van der Waals surface area contributed by atoms with Crippen LogP contribution in [-0.2, 0) is 6.42 Å². The normalized spacial score (nSPS) is 27.8. The van der Waals surface area contributed by atoms with E-state index in [9.17, 15) is 5.11 Å². The van der Waals surface area contributed by atoms with Gasteiger partial charge in [0.25, 0.3) is 0 Å². The zero-order valence-corrected chi connectivity index (χ0v) is 12.8. The average molecular weight is 260 g/mol. The van der Waals surface area contributed by atoms with E-state index in [0.717, 1.165) is 24.7 Å². The lowest BCUT2D eigenvalue weighted by molar-refractivity contribution is 0.0378. The summed E-state index contributed by atoms with van der Waals surface area (Å²) in [5.74, 6) is 1.98. The van der Waals surface area contributed by atoms with Crippen LogP contribution in [0.4, 0.5) is 0 Å². The van der Waals surface area contributed by atoms with Gasteiger partial charge in [-0.25, -0.2) is 0 Å². The summed E-state index contributed by atoms with van der Waals surface area (Å²) in [6.45, 7) is 8.97. The molecule has 0 bridgehead atoms. The highest BCUT2D eigenvalue weighted by molar-refractivity contribution is 5.31. The minimum absolute atomic E-state index is 0.102. The first-order chi connectivity index (χ1) is 8.97. The topological polar surface area (TPSA) is 20.2 Å². The largest absolute Gasteiger partial charge is 0.393 e. The average Bonchev–Trinajstić information content (AvgIpc) is 2.36. The lowest BCUT2D eigenvalue weighted by Crippen LogP contribution is -2.32. The lowest BCUT2D eigenvalue weighted by atomic mass is 9.72. The molecule has 0 aromatic heterocycles. The van der Waals surface area contributed by atoms with Crippen molar-refractivity contribution in [2.24, 2.45) is 17.8 Å². The minimum atomic E-state index is -0.102. The summed E-state index contributed by atoms with van der Waals surface area (Å²) in [6, 6.07) is 6.67. The van der Waals surface area contributed by atoms with Crippen LogP contribution in [0.1, 0.15) is 49.8 Å². The fraction of sp³-hybridized carbons (Fsp3) is 0.667. The van der Waals surface area contributed by atoms with Gasteiger partial charge in [-0.3, -0.25) is 0 Å². The Labute approximate surface area is 118 Å². The predicted octanol–water partition coefficient (Wildman–Crippen LogP) is 4.28. The smallest absolute Gasteiger partial charge is 0.0571 e. The number of hydrogen-bond donors (Lipinski definition) is 1. The van der Waals surface area contributed by atoms with Gasteiger partial charge < -0.3 is 5.11 Å². The van der Waals surface area contributed by atoms with Gasteiger partial charge in [-0.2, -0.15) is 0 Å². The second-order valence-corrected chi connectivity index (χ2v) is 6.78. The van der Waals surface area contributed by atoms with Crippen molar-refractivity contribution in [1.29, 1.82) is 0 Å². The molecule has 19 heavy (non-hydrogen) atoms. The van der Waals surface area contributed by atoms with E-state index in [2.05, 4.69) is 45.9 Å². The summed E-state index contributed by atoms with van der Waals surface area (Å²) in [5, 5.41) is 10.3. The molecule has 2 rings (SSSR count). The van der Waals surface area contributed by atoms with Gasteiger partial charge in [-0.05, 0) is 68.4 Å². The summed E-state index contributed by atoms with van der Waals surface area (Å²) < 4.78 is 0. The molecule has 3 unspecified atom stereocenters. The van der Waals surface area contributed by atoms with E-state index in [1.54, 1.807) is 0 Å². The predicted molar refractivity (Wildman–Crippen MR) is 81.3 cm³/mol. The number of rotatable bonds is 3. The standard InChI is InChI=1S/C18H28O/c1-12(2)15-7-8-18(19)17(10-15)11-16-9-13(3)5-6-14(16)4/h5-6,9,12,15,17-19H,7-8,10-11H2,1-4H3. The Bertz CT molecular complexity index is 422. The highest BCUT2D eigenvalue weighted by atomic mass is 16.3. The highest BCUT2D eigenvalue weighted by Gasteiger charge is 2.30. The molecule has 0 spiro atoms. The van der Waals surface area contributed by atoms with E-state index in [0.29, 0.717) is 5.92 Å². The zero-order valence-electron chi connectivity index (χ0n) is 12.8. The van der Waals surface area contributed by atoms with Gasteiger partial charge in [0.05, 0.1) is 6.10 Å². The molecular formula is C18H28O. The van der Waals surface area contributed by atoms with Crippen molar-refractivity contribution in [3.63, 3.8) is 0 Å². The molecule has 1 N–H and O–H groups in total. The molecule has 0 saturated heterocycles. The molecule has 3 atom stereocenters. The Balaban J connectivity index is 2.09. The number of aliphatic hydroxyl groups is 1. The van der Waals surface area contributed by atoms with Crippen molar-refractivity contribution in [3.8, 4) is 0 Å². The summed E-state index contributed by atoms with van der Waals surface area (Å²) in [5.41, 5.74) is 4.12. The van der Waals surface area contributed by atoms with Gasteiger partial charge in [-0.15, -0.1) is 0 Å². The van der Waals surface area contributed by atoms with Crippen molar-refractivity contribution in [2.45, 2.75) is 59.5 Å². The Morgan fingerprint density at radius 2 is 1.95 bits per heavy atom. The quantitative estimate of drug-likeness (QED) is 0.860. The SMILES string of the molecule is Cc1ccc(C)c(CC2CC(C(C)C)CCC2O)c1. The Kier molecular flexibility index (Phi) is 4.67. The van der Waals surface area contributed by atoms with Crippen LogP contribution in [0.3, 0.4) is 0 Å². The summed E-state index contributed by atoms with van der Waals surface area (Å²) in [4.78, 5) is 0. The lowest BCUT2D eigenvalue weighted by Gasteiger charge is -2.35. The second-order valence-electron chi connectivity index (χ2n) is 6.78. The van der Waals surface area contributed by atoms with E-state index in [1.807, 2.05) is 0 Å². The summed E-state index contributed by atoms with van der Waals surface area (Å²) in [6.07, 6.45) is 4.31. The van der Waals surface area contributed by atoms with Crippen molar-refractivity contribution < 1.29 is 5.11 Å². The maximum absolute atomic E-state index is 10.3. The maximum atomic E-state index is 10.3. The van der Waals surface area contributed by atoms with Crippen molar-refractivity contribution in [2.75, 3.05) is 0 Å². The number of aliphatic hydroxyl groups excluding tert-OH is 1. The van der Waals surface area contributed by atoms with E-state index in [1.165, 1.54) is 29.5 Å². The van der Waals surface area contributed by atoms with Crippen LogP contribution >= 0.6 is 0 Å². The molecular weight excluding hydrogens is 232 g/mol. The van der Waals surface area contributed by atoms with Crippen LogP contribution in [0.2, 0.25) is 0 Å². The summed E-state index contributed by atoms with van der Waals surface area (Å²) >= 11 is 0. The number of benzene rings is 1. The molecule has 106 valence electrons. The first-order valence-corrected chi connectivity index (χ1v) is 7.71. The van der Waals surface area contributed by atoms with Gasteiger partial charge in [0.15, 0.2) is 0 Å². The molecule has 0 amide bonds. The molecule has 0 radical (unpaired) electrons. The van der Waals surface area contributed by atoms with Gasteiger partial charge >= 0.3 is 0 Å². The highest BCUT2D eigenvalue weighted by Crippen LogP contribution is 2.36. The maximum Gasteiger partial charge on any atom is 0.0571 e. The summed E-state index contributed by atoms with van der Waals surface area (Å²) in [7, 11) is 0. The number of aryl methyl sites for hydroxylation is 2. The third-order valence-electron chi connectivity index (χ3n) is 4.91. The molecule has 0 heterocycles. The third-order valence-corrected chi connectivity index (χ3v) is 4.91. The van der Waals surface area contributed by atoms with Crippen LogP contribution in [-0.4, -0.2) is 11.2 Å². The fourth-order valence-electron chi connectivity index (χ4n) is 3.41. The van der Waals surface area contributed by atoms with E-state index in [-0.39, 0.29) is 6.10 Å². The minimum Gasteiger partial charge on any atom is -0.393 e. The van der Waals surface area contributed by atoms with E-state index in [4.69, 9.17) is 0 Å². The van der Waals surface area contributed by atoms with Crippen molar-refractivity contribution in [3.05, 3.63) is 34.9 Å². The van der Waals surface area contributed by atoms with Crippen molar-refractivity contribution >= 4 is 0 Å². The number of hydrogen-bond acceptors (Lipinski definition) is 1. The molecule has 1 aromatic rings. The van der Waals surface area contributed by atoms with Gasteiger partial charge in [0.2, 0.25) is 0 Å².